The molecule has 0 aliphatic carbocycles. The van der Waals surface area contributed by atoms with Crippen LogP contribution in [0, 0.1) is 0 Å². The summed E-state index contributed by atoms with van der Waals surface area (Å²) >= 11 is 0. The average Bonchev–Trinajstić information content (AvgIpc) is 2.71. The summed E-state index contributed by atoms with van der Waals surface area (Å²) in [6.45, 7) is 1.95. The maximum Gasteiger partial charge on any atom is 0.276 e. The van der Waals surface area contributed by atoms with Crippen molar-refractivity contribution in [3.05, 3.63) is 53.1 Å². The molecule has 2 aromatic heterocycles. The van der Waals surface area contributed by atoms with Crippen LogP contribution in [0.1, 0.15) is 34.6 Å². The first kappa shape index (κ1) is 20.1. The molecule has 3 heterocycles. The average molecular weight is 396 g/mol. The Balaban J connectivity index is 2.27. The number of methoxy groups -OCH3 is 1. The normalized spacial score (nSPS) is 20.3. The Morgan fingerprint density at radius 1 is 1.38 bits per heavy atom. The molecule has 1 aliphatic rings. The number of hydrogen-bond donors (Lipinski definition) is 2. The van der Waals surface area contributed by atoms with Gasteiger partial charge in [0.1, 0.15) is 11.9 Å². The number of ether oxygens (including phenoxy) is 2. The molecular formula is C20H24N6O3. The lowest BCUT2D eigenvalue weighted by molar-refractivity contribution is 0.0793. The second-order valence-electron chi connectivity index (χ2n) is 6.60. The molecule has 0 aromatic carbocycles. The molecule has 1 atom stereocenters. The summed E-state index contributed by atoms with van der Waals surface area (Å²) in [7, 11) is 4.75. The minimum atomic E-state index is -0.491. The summed E-state index contributed by atoms with van der Waals surface area (Å²) in [5.74, 6) is 0.679. The van der Waals surface area contributed by atoms with Gasteiger partial charge < -0.3 is 25.8 Å². The summed E-state index contributed by atoms with van der Waals surface area (Å²) < 4.78 is 11.5. The number of likely N-dealkylation sites (N-methyl/N-ethyl adjacent to an activating group) is 1. The number of amides is 1. The number of aliphatic imine (C=N–C) groups is 1. The first-order chi connectivity index (χ1) is 13.9. The van der Waals surface area contributed by atoms with E-state index in [1.54, 1.807) is 38.6 Å². The molecule has 0 saturated heterocycles. The van der Waals surface area contributed by atoms with Crippen LogP contribution >= 0.6 is 0 Å². The zero-order valence-corrected chi connectivity index (χ0v) is 16.8. The van der Waals surface area contributed by atoms with Crippen molar-refractivity contribution in [2.45, 2.75) is 13.0 Å². The first-order valence-electron chi connectivity index (χ1n) is 9.00. The Morgan fingerprint density at radius 2 is 2.14 bits per heavy atom. The van der Waals surface area contributed by atoms with Crippen LogP contribution in [0.4, 0.5) is 5.82 Å². The standard InChI is InChI=1S/C20H24N6O3/c1-11-13-8-12(9-25-18(13)22)16(19(23-2)28-4)14(21)10-26(3)20(27)17-15(29-11)6-5-7-24-17/h5-9,11H,10,21H2,1-4H3,(H2,22,25)/b16-14-,23-19?. The van der Waals surface area contributed by atoms with Gasteiger partial charge in [0, 0.05) is 43.3 Å². The van der Waals surface area contributed by atoms with Crippen LogP contribution in [0.25, 0.3) is 5.57 Å². The van der Waals surface area contributed by atoms with Crippen molar-refractivity contribution in [2.75, 3.05) is 33.5 Å². The first-order valence-corrected chi connectivity index (χ1v) is 9.00. The number of fused-ring (bicyclic) bond motifs is 3. The van der Waals surface area contributed by atoms with Crippen molar-refractivity contribution in [3.8, 4) is 5.75 Å². The number of hydrogen-bond acceptors (Lipinski definition) is 8. The molecule has 0 fully saturated rings. The number of carbonyl (C=O) groups excluding carboxylic acids is 1. The Bertz CT molecular complexity index is 1000. The fourth-order valence-corrected chi connectivity index (χ4v) is 3.19. The van der Waals surface area contributed by atoms with Gasteiger partial charge in [-0.05, 0) is 25.1 Å². The maximum atomic E-state index is 13.0. The third kappa shape index (κ3) is 3.84. The van der Waals surface area contributed by atoms with Crippen molar-refractivity contribution in [2.24, 2.45) is 10.7 Å². The predicted octanol–water partition coefficient (Wildman–Crippen LogP) is 1.63. The number of nitrogens with zero attached hydrogens (tertiary/aromatic N) is 4. The molecule has 0 saturated carbocycles. The SMILES string of the molecule is CN=C(OC)/C1=C(\N)CN(C)C(=O)c2ncccc2OC(C)c2cc1cnc2N. The zero-order chi connectivity index (χ0) is 21.1. The number of nitrogen functional groups attached to an aromatic ring is 1. The molecule has 152 valence electrons. The summed E-state index contributed by atoms with van der Waals surface area (Å²) in [4.78, 5) is 27.2. The zero-order valence-electron chi connectivity index (χ0n) is 16.8. The van der Waals surface area contributed by atoms with Crippen molar-refractivity contribution >= 4 is 23.2 Å². The van der Waals surface area contributed by atoms with Gasteiger partial charge in [0.05, 0.1) is 19.2 Å². The highest BCUT2D eigenvalue weighted by atomic mass is 16.5. The Hall–Kier alpha value is -3.62. The van der Waals surface area contributed by atoms with Crippen LogP contribution in [0.15, 0.2) is 41.3 Å². The summed E-state index contributed by atoms with van der Waals surface area (Å²) in [5, 5.41) is 0. The van der Waals surface area contributed by atoms with Gasteiger partial charge in [-0.3, -0.25) is 9.79 Å². The number of aromatic nitrogens is 2. The monoisotopic (exact) mass is 396 g/mol. The van der Waals surface area contributed by atoms with Crippen LogP contribution in [-0.2, 0) is 4.74 Å². The van der Waals surface area contributed by atoms with E-state index in [2.05, 4.69) is 15.0 Å². The van der Waals surface area contributed by atoms with Gasteiger partial charge in [-0.25, -0.2) is 9.97 Å². The molecule has 0 spiro atoms. The lowest BCUT2D eigenvalue weighted by Gasteiger charge is -2.24. The van der Waals surface area contributed by atoms with Gasteiger partial charge in [0.2, 0.25) is 5.90 Å². The lowest BCUT2D eigenvalue weighted by atomic mass is 10.0. The molecule has 1 amide bonds. The van der Waals surface area contributed by atoms with Gasteiger partial charge in [-0.2, -0.15) is 0 Å². The van der Waals surface area contributed by atoms with E-state index in [0.717, 1.165) is 0 Å². The molecule has 1 unspecified atom stereocenters. The molecule has 2 bridgehead atoms. The summed E-state index contributed by atoms with van der Waals surface area (Å²) in [5.41, 5.74) is 15.0. The highest BCUT2D eigenvalue weighted by Gasteiger charge is 2.25. The van der Waals surface area contributed by atoms with E-state index in [1.165, 1.54) is 12.0 Å². The van der Waals surface area contributed by atoms with E-state index in [0.29, 0.717) is 39.9 Å². The molecule has 9 nitrogen and oxygen atoms in total. The molecular weight excluding hydrogens is 372 g/mol. The number of pyridine rings is 2. The van der Waals surface area contributed by atoms with E-state index in [9.17, 15) is 4.79 Å². The highest BCUT2D eigenvalue weighted by molar-refractivity contribution is 6.20. The minimum absolute atomic E-state index is 0.127. The van der Waals surface area contributed by atoms with Crippen molar-refractivity contribution in [1.29, 1.82) is 0 Å². The summed E-state index contributed by atoms with van der Waals surface area (Å²) in [6, 6.07) is 5.25. The maximum absolute atomic E-state index is 13.0. The van der Waals surface area contributed by atoms with Crippen LogP contribution < -0.4 is 16.2 Å². The third-order valence-electron chi connectivity index (χ3n) is 4.64. The Labute approximate surface area is 169 Å². The molecule has 2 aromatic rings. The smallest absolute Gasteiger partial charge is 0.276 e. The second kappa shape index (κ2) is 8.17. The highest BCUT2D eigenvalue weighted by Crippen LogP contribution is 2.31. The van der Waals surface area contributed by atoms with Crippen molar-refractivity contribution < 1.29 is 14.3 Å². The summed E-state index contributed by atoms with van der Waals surface area (Å²) in [6.07, 6.45) is 2.65. The molecule has 9 heteroatoms. The molecule has 29 heavy (non-hydrogen) atoms. The second-order valence-corrected chi connectivity index (χ2v) is 6.60. The van der Waals surface area contributed by atoms with Gasteiger partial charge in [-0.15, -0.1) is 0 Å². The van der Waals surface area contributed by atoms with Crippen LogP contribution in [-0.4, -0.2) is 54.4 Å². The molecule has 3 rings (SSSR count). The third-order valence-corrected chi connectivity index (χ3v) is 4.64. The van der Waals surface area contributed by atoms with E-state index >= 15 is 0 Å². The molecule has 0 radical (unpaired) electrons. The minimum Gasteiger partial charge on any atom is -0.483 e. The van der Waals surface area contributed by atoms with E-state index in [4.69, 9.17) is 20.9 Å². The van der Waals surface area contributed by atoms with Crippen LogP contribution in [0.3, 0.4) is 0 Å². The van der Waals surface area contributed by atoms with Gasteiger partial charge in [-0.1, -0.05) is 0 Å². The number of anilines is 1. The number of rotatable bonds is 1. The number of carbonyl (C=O) groups is 1. The fraction of sp³-hybridized carbons (Fsp3) is 0.300. The Morgan fingerprint density at radius 3 is 2.83 bits per heavy atom. The van der Waals surface area contributed by atoms with Crippen LogP contribution in [0.2, 0.25) is 0 Å². The van der Waals surface area contributed by atoms with Gasteiger partial charge in [0.15, 0.2) is 11.4 Å². The van der Waals surface area contributed by atoms with E-state index < -0.39 is 6.10 Å². The van der Waals surface area contributed by atoms with Gasteiger partial charge >= 0.3 is 0 Å². The number of nitrogens with two attached hydrogens (primary N) is 2. The molecule has 4 N–H and O–H groups in total. The fourth-order valence-electron chi connectivity index (χ4n) is 3.19. The van der Waals surface area contributed by atoms with Gasteiger partial charge in [0.25, 0.3) is 5.91 Å². The van der Waals surface area contributed by atoms with E-state index in [1.807, 2.05) is 13.0 Å². The quantitative estimate of drug-likeness (QED) is 0.553. The topological polar surface area (TPSA) is 129 Å². The Kier molecular flexibility index (Phi) is 5.67. The lowest BCUT2D eigenvalue weighted by Crippen LogP contribution is -2.33. The molecule has 1 aliphatic heterocycles. The van der Waals surface area contributed by atoms with Crippen molar-refractivity contribution in [3.63, 3.8) is 0 Å². The largest absolute Gasteiger partial charge is 0.483 e. The van der Waals surface area contributed by atoms with E-state index in [-0.39, 0.29) is 18.1 Å². The van der Waals surface area contributed by atoms with Crippen LogP contribution in [0.5, 0.6) is 5.75 Å². The van der Waals surface area contributed by atoms with Crippen molar-refractivity contribution in [1.82, 2.24) is 14.9 Å². The predicted molar refractivity (Wildman–Crippen MR) is 110 cm³/mol.